The molecule has 0 spiro atoms. The first kappa shape index (κ1) is 14.8. The predicted octanol–water partition coefficient (Wildman–Crippen LogP) is 4.77. The van der Waals surface area contributed by atoms with Crippen molar-refractivity contribution < 1.29 is 0 Å². The molecule has 0 atom stereocenters. The quantitative estimate of drug-likeness (QED) is 0.758. The van der Waals surface area contributed by atoms with E-state index in [1.54, 1.807) is 0 Å². The standard InChI is InChI=1S/C15H21BrN2S/c1-11-10-12(6-7-13(11)16)17-14(19)18-15(2)8-4-3-5-9-15/h6-7,10H,3-5,8-9H2,1-2H3,(H2,17,18,19). The minimum absolute atomic E-state index is 0.159. The highest BCUT2D eigenvalue weighted by atomic mass is 79.9. The molecule has 0 heterocycles. The molecule has 0 saturated heterocycles. The van der Waals surface area contributed by atoms with Gasteiger partial charge in [0.15, 0.2) is 5.11 Å². The molecule has 0 amide bonds. The first-order valence-electron chi connectivity index (χ1n) is 6.84. The summed E-state index contributed by atoms with van der Waals surface area (Å²) < 4.78 is 1.12. The second-order valence-corrected chi connectivity index (χ2v) is 6.93. The second kappa shape index (κ2) is 6.23. The maximum Gasteiger partial charge on any atom is 0.171 e. The number of benzene rings is 1. The van der Waals surface area contributed by atoms with Gasteiger partial charge < -0.3 is 10.6 Å². The molecule has 2 N–H and O–H groups in total. The van der Waals surface area contributed by atoms with Crippen molar-refractivity contribution in [3.63, 3.8) is 0 Å². The number of nitrogens with one attached hydrogen (secondary N) is 2. The Labute approximate surface area is 129 Å². The summed E-state index contributed by atoms with van der Waals surface area (Å²) in [4.78, 5) is 0. The van der Waals surface area contributed by atoms with Crippen molar-refractivity contribution in [1.82, 2.24) is 5.32 Å². The summed E-state index contributed by atoms with van der Waals surface area (Å²) in [5.74, 6) is 0. The summed E-state index contributed by atoms with van der Waals surface area (Å²) in [7, 11) is 0. The Kier molecular flexibility index (Phi) is 4.85. The molecule has 19 heavy (non-hydrogen) atoms. The van der Waals surface area contributed by atoms with Crippen LogP contribution in [0.2, 0.25) is 0 Å². The van der Waals surface area contributed by atoms with Gasteiger partial charge in [0, 0.05) is 15.7 Å². The molecular weight excluding hydrogens is 320 g/mol. The highest BCUT2D eigenvalue weighted by molar-refractivity contribution is 9.10. The Morgan fingerprint density at radius 3 is 2.58 bits per heavy atom. The Morgan fingerprint density at radius 2 is 1.95 bits per heavy atom. The molecule has 1 fully saturated rings. The Bertz CT molecular complexity index is 467. The zero-order chi connectivity index (χ0) is 13.9. The number of hydrogen-bond donors (Lipinski definition) is 2. The smallest absolute Gasteiger partial charge is 0.171 e. The maximum atomic E-state index is 5.43. The van der Waals surface area contributed by atoms with Gasteiger partial charge in [0.1, 0.15) is 0 Å². The van der Waals surface area contributed by atoms with Crippen LogP contribution in [0.3, 0.4) is 0 Å². The van der Waals surface area contributed by atoms with Crippen LogP contribution in [0.1, 0.15) is 44.6 Å². The lowest BCUT2D eigenvalue weighted by Gasteiger charge is -2.35. The summed E-state index contributed by atoms with van der Waals surface area (Å²) in [6, 6.07) is 6.18. The predicted molar refractivity (Wildman–Crippen MR) is 89.7 cm³/mol. The molecule has 104 valence electrons. The second-order valence-electron chi connectivity index (χ2n) is 5.66. The van der Waals surface area contributed by atoms with Crippen molar-refractivity contribution in [2.75, 3.05) is 5.32 Å². The van der Waals surface area contributed by atoms with E-state index in [4.69, 9.17) is 12.2 Å². The lowest BCUT2D eigenvalue weighted by atomic mass is 9.83. The Balaban J connectivity index is 1.95. The number of anilines is 1. The molecule has 0 aliphatic heterocycles. The number of hydrogen-bond acceptors (Lipinski definition) is 1. The van der Waals surface area contributed by atoms with Gasteiger partial charge in [-0.1, -0.05) is 35.2 Å². The molecule has 0 radical (unpaired) electrons. The summed E-state index contributed by atoms with van der Waals surface area (Å²) in [5.41, 5.74) is 2.40. The van der Waals surface area contributed by atoms with Crippen molar-refractivity contribution in [3.05, 3.63) is 28.2 Å². The molecule has 1 saturated carbocycles. The van der Waals surface area contributed by atoms with Crippen molar-refractivity contribution in [1.29, 1.82) is 0 Å². The van der Waals surface area contributed by atoms with E-state index in [1.165, 1.54) is 37.7 Å². The molecule has 0 unspecified atom stereocenters. The number of aryl methyl sites for hydroxylation is 1. The summed E-state index contributed by atoms with van der Waals surface area (Å²) >= 11 is 8.94. The van der Waals surface area contributed by atoms with Gasteiger partial charge >= 0.3 is 0 Å². The van der Waals surface area contributed by atoms with Crippen molar-refractivity contribution in [3.8, 4) is 0 Å². The van der Waals surface area contributed by atoms with Gasteiger partial charge in [-0.2, -0.15) is 0 Å². The van der Waals surface area contributed by atoms with Gasteiger partial charge in [0.2, 0.25) is 0 Å². The average Bonchev–Trinajstić information content (AvgIpc) is 2.34. The normalized spacial score (nSPS) is 17.8. The monoisotopic (exact) mass is 340 g/mol. The summed E-state index contributed by atoms with van der Waals surface area (Å²) in [6.07, 6.45) is 6.35. The Morgan fingerprint density at radius 1 is 1.26 bits per heavy atom. The first-order valence-corrected chi connectivity index (χ1v) is 8.04. The number of halogens is 1. The third-order valence-electron chi connectivity index (χ3n) is 3.79. The van der Waals surface area contributed by atoms with Gasteiger partial charge in [-0.05, 0) is 62.7 Å². The topological polar surface area (TPSA) is 24.1 Å². The molecule has 1 aromatic rings. The molecule has 0 aromatic heterocycles. The SMILES string of the molecule is Cc1cc(NC(=S)NC2(C)CCCCC2)ccc1Br. The lowest BCUT2D eigenvalue weighted by Crippen LogP contribution is -2.48. The zero-order valence-electron chi connectivity index (χ0n) is 11.6. The molecule has 1 aliphatic rings. The third kappa shape index (κ3) is 4.18. The molecule has 2 rings (SSSR count). The fourth-order valence-corrected chi connectivity index (χ4v) is 3.23. The van der Waals surface area contributed by atoms with Gasteiger partial charge in [-0.25, -0.2) is 0 Å². The van der Waals surface area contributed by atoms with E-state index in [0.29, 0.717) is 0 Å². The molecular formula is C15H21BrN2S. The van der Waals surface area contributed by atoms with E-state index in [1.807, 2.05) is 12.1 Å². The largest absolute Gasteiger partial charge is 0.357 e. The van der Waals surface area contributed by atoms with Crippen LogP contribution < -0.4 is 10.6 Å². The van der Waals surface area contributed by atoms with E-state index in [9.17, 15) is 0 Å². The van der Waals surface area contributed by atoms with Gasteiger partial charge in [0.25, 0.3) is 0 Å². The van der Waals surface area contributed by atoms with Crippen LogP contribution in [0.4, 0.5) is 5.69 Å². The van der Waals surface area contributed by atoms with Crippen LogP contribution in [0, 0.1) is 6.92 Å². The van der Waals surface area contributed by atoms with Crippen molar-refractivity contribution in [2.24, 2.45) is 0 Å². The van der Waals surface area contributed by atoms with E-state index in [-0.39, 0.29) is 5.54 Å². The van der Waals surface area contributed by atoms with Crippen LogP contribution >= 0.6 is 28.1 Å². The average molecular weight is 341 g/mol. The van der Waals surface area contributed by atoms with Gasteiger partial charge in [-0.15, -0.1) is 0 Å². The van der Waals surface area contributed by atoms with Crippen LogP contribution in [-0.2, 0) is 0 Å². The Hall–Kier alpha value is -0.610. The van der Waals surface area contributed by atoms with Crippen molar-refractivity contribution in [2.45, 2.75) is 51.5 Å². The van der Waals surface area contributed by atoms with Crippen LogP contribution in [0.5, 0.6) is 0 Å². The highest BCUT2D eigenvalue weighted by Gasteiger charge is 2.27. The summed E-state index contributed by atoms with van der Waals surface area (Å²) in [6.45, 7) is 4.35. The van der Waals surface area contributed by atoms with E-state index in [0.717, 1.165) is 15.3 Å². The van der Waals surface area contributed by atoms with E-state index < -0.39 is 0 Å². The molecule has 0 bridgehead atoms. The number of rotatable bonds is 2. The molecule has 1 aliphatic carbocycles. The van der Waals surface area contributed by atoms with Crippen molar-refractivity contribution >= 4 is 38.9 Å². The van der Waals surface area contributed by atoms with Crippen LogP contribution in [0.15, 0.2) is 22.7 Å². The fourth-order valence-electron chi connectivity index (χ4n) is 2.62. The first-order chi connectivity index (χ1) is 8.98. The van der Waals surface area contributed by atoms with Crippen LogP contribution in [-0.4, -0.2) is 10.7 Å². The van der Waals surface area contributed by atoms with Gasteiger partial charge in [0.05, 0.1) is 0 Å². The lowest BCUT2D eigenvalue weighted by molar-refractivity contribution is 0.292. The van der Waals surface area contributed by atoms with E-state index >= 15 is 0 Å². The van der Waals surface area contributed by atoms with Crippen LogP contribution in [0.25, 0.3) is 0 Å². The third-order valence-corrected chi connectivity index (χ3v) is 4.88. The molecule has 1 aromatic carbocycles. The molecule has 2 nitrogen and oxygen atoms in total. The fraction of sp³-hybridized carbons (Fsp3) is 0.533. The van der Waals surface area contributed by atoms with E-state index in [2.05, 4.69) is 46.5 Å². The zero-order valence-corrected chi connectivity index (χ0v) is 14.0. The molecule has 4 heteroatoms. The maximum absolute atomic E-state index is 5.43. The van der Waals surface area contributed by atoms with Gasteiger partial charge in [-0.3, -0.25) is 0 Å². The number of thiocarbonyl (C=S) groups is 1. The summed E-state index contributed by atoms with van der Waals surface area (Å²) in [5, 5.41) is 7.50. The highest BCUT2D eigenvalue weighted by Crippen LogP contribution is 2.27. The minimum atomic E-state index is 0.159. The minimum Gasteiger partial charge on any atom is -0.357 e.